The van der Waals surface area contributed by atoms with Crippen LogP contribution in [0, 0.1) is 0 Å². The number of hydrogen-bond donors (Lipinski definition) is 1. The largest absolute Gasteiger partial charge is 0.493 e. The molecule has 4 heterocycles. The number of likely N-dealkylation sites (tertiary alicyclic amines) is 1. The van der Waals surface area contributed by atoms with E-state index in [0.717, 1.165) is 32.5 Å². The molecule has 2 aromatic carbocycles. The van der Waals surface area contributed by atoms with Crippen LogP contribution in [-0.2, 0) is 24.3 Å². The van der Waals surface area contributed by atoms with Crippen molar-refractivity contribution in [3.05, 3.63) is 53.9 Å². The Morgan fingerprint density at radius 2 is 1.70 bits per heavy atom. The molecule has 0 spiro atoms. The second kappa shape index (κ2) is 10.9. The van der Waals surface area contributed by atoms with Gasteiger partial charge in [-0.2, -0.15) is 9.97 Å². The van der Waals surface area contributed by atoms with Crippen LogP contribution < -0.4 is 24.4 Å². The monoisotopic (exact) mass is 543 g/mol. The van der Waals surface area contributed by atoms with Gasteiger partial charge < -0.3 is 33.9 Å². The minimum absolute atomic E-state index is 0.205. The number of fused-ring (bicyclic) bond motifs is 2. The summed E-state index contributed by atoms with van der Waals surface area (Å²) >= 11 is 0. The fourth-order valence-corrected chi connectivity index (χ4v) is 5.45. The molecule has 0 saturated carbocycles. The van der Waals surface area contributed by atoms with E-state index in [-0.39, 0.29) is 5.91 Å². The molecule has 2 aliphatic heterocycles. The van der Waals surface area contributed by atoms with Gasteiger partial charge in [-0.15, -0.1) is 0 Å². The highest BCUT2D eigenvalue weighted by atomic mass is 16.5. The first-order chi connectivity index (χ1) is 19.6. The number of rotatable bonds is 9. The van der Waals surface area contributed by atoms with E-state index in [2.05, 4.69) is 39.5 Å². The van der Waals surface area contributed by atoms with Crippen molar-refractivity contribution in [2.24, 2.45) is 0 Å². The van der Waals surface area contributed by atoms with Crippen molar-refractivity contribution in [1.29, 1.82) is 0 Å². The van der Waals surface area contributed by atoms with E-state index < -0.39 is 0 Å². The molecule has 4 aromatic rings. The van der Waals surface area contributed by atoms with Gasteiger partial charge >= 0.3 is 0 Å². The van der Waals surface area contributed by atoms with Crippen LogP contribution in [-0.4, -0.2) is 71.3 Å². The minimum atomic E-state index is 0.205. The molecule has 40 heavy (non-hydrogen) atoms. The van der Waals surface area contributed by atoms with Gasteiger partial charge in [0, 0.05) is 57.0 Å². The zero-order valence-corrected chi connectivity index (χ0v) is 23.0. The number of imidazole rings is 1. The van der Waals surface area contributed by atoms with Crippen LogP contribution in [0.1, 0.15) is 24.0 Å². The lowest BCUT2D eigenvalue weighted by Crippen LogP contribution is -2.32. The lowest BCUT2D eigenvalue weighted by Gasteiger charge is -2.29. The number of aromatic nitrogens is 4. The molecule has 0 bridgehead atoms. The summed E-state index contributed by atoms with van der Waals surface area (Å²) in [5.74, 6) is 2.97. The van der Waals surface area contributed by atoms with Crippen molar-refractivity contribution < 1.29 is 19.0 Å². The standard InChI is InChI=1S/C29H33N7O4/c1-38-22-15-21(16-23(39-2)26(22)40-3)31-27-25-28(36(18-30-25)14-13-34-11-6-9-24(34)37)33-29(32-27)35-12-10-19-7-4-5-8-20(19)17-35/h4-5,7-8,15-16,18H,6,9-14,17H2,1-3H3,(H,31,32,33). The van der Waals surface area contributed by atoms with Gasteiger partial charge in [0.15, 0.2) is 28.5 Å². The molecular formula is C29H33N7O4. The van der Waals surface area contributed by atoms with E-state index in [1.165, 1.54) is 11.1 Å². The molecular weight excluding hydrogens is 510 g/mol. The topological polar surface area (TPSA) is 107 Å². The highest BCUT2D eigenvalue weighted by molar-refractivity contribution is 5.87. The molecule has 2 aliphatic rings. The van der Waals surface area contributed by atoms with Gasteiger partial charge in [-0.1, -0.05) is 24.3 Å². The summed E-state index contributed by atoms with van der Waals surface area (Å²) in [5, 5.41) is 3.43. The first-order valence-corrected chi connectivity index (χ1v) is 13.5. The van der Waals surface area contributed by atoms with E-state index in [4.69, 9.17) is 24.2 Å². The highest BCUT2D eigenvalue weighted by Crippen LogP contribution is 2.41. The average Bonchev–Trinajstić information content (AvgIpc) is 3.60. The average molecular weight is 544 g/mol. The SMILES string of the molecule is COc1cc(Nc2nc(N3CCc4ccccc4C3)nc3c2ncn3CCN2CCCC2=O)cc(OC)c1OC. The number of nitrogens with one attached hydrogen (secondary N) is 1. The smallest absolute Gasteiger partial charge is 0.229 e. The van der Waals surface area contributed by atoms with E-state index in [1.807, 2.05) is 21.6 Å². The van der Waals surface area contributed by atoms with Gasteiger partial charge in [-0.05, 0) is 24.0 Å². The maximum atomic E-state index is 12.2. The van der Waals surface area contributed by atoms with Crippen LogP contribution in [0.15, 0.2) is 42.7 Å². The molecule has 0 unspecified atom stereocenters. The predicted molar refractivity (Wildman–Crippen MR) is 152 cm³/mol. The van der Waals surface area contributed by atoms with E-state index in [0.29, 0.717) is 65.4 Å². The molecule has 0 atom stereocenters. The molecule has 1 fully saturated rings. The van der Waals surface area contributed by atoms with Crippen molar-refractivity contribution in [3.63, 3.8) is 0 Å². The Morgan fingerprint density at radius 3 is 2.40 bits per heavy atom. The molecule has 0 aliphatic carbocycles. The van der Waals surface area contributed by atoms with Gasteiger partial charge in [0.2, 0.25) is 17.6 Å². The summed E-state index contributed by atoms with van der Waals surface area (Å²) in [6.07, 6.45) is 4.23. The minimum Gasteiger partial charge on any atom is -0.493 e. The van der Waals surface area contributed by atoms with Crippen LogP contribution in [0.2, 0.25) is 0 Å². The molecule has 1 amide bonds. The van der Waals surface area contributed by atoms with E-state index >= 15 is 0 Å². The van der Waals surface area contributed by atoms with Crippen LogP contribution in [0.4, 0.5) is 17.5 Å². The van der Waals surface area contributed by atoms with E-state index in [1.54, 1.807) is 27.7 Å². The Hall–Kier alpha value is -4.54. The maximum Gasteiger partial charge on any atom is 0.229 e. The zero-order valence-electron chi connectivity index (χ0n) is 23.0. The molecule has 1 N–H and O–H groups in total. The third kappa shape index (κ3) is 4.83. The quantitative estimate of drug-likeness (QED) is 0.338. The summed E-state index contributed by atoms with van der Waals surface area (Å²) in [6, 6.07) is 12.2. The lowest BCUT2D eigenvalue weighted by atomic mass is 10.0. The van der Waals surface area contributed by atoms with Gasteiger partial charge in [-0.25, -0.2) is 4.98 Å². The second-order valence-corrected chi connectivity index (χ2v) is 9.95. The number of anilines is 3. The number of ether oxygens (including phenoxy) is 3. The summed E-state index contributed by atoms with van der Waals surface area (Å²) in [4.78, 5) is 30.9. The van der Waals surface area contributed by atoms with Crippen LogP contribution in [0.5, 0.6) is 17.2 Å². The van der Waals surface area contributed by atoms with Crippen LogP contribution in [0.25, 0.3) is 11.2 Å². The number of hydrogen-bond acceptors (Lipinski definition) is 9. The summed E-state index contributed by atoms with van der Waals surface area (Å²) < 4.78 is 18.6. The Balaban J connectivity index is 1.39. The number of amides is 1. The molecule has 11 heteroatoms. The Kier molecular flexibility index (Phi) is 7.02. The first kappa shape index (κ1) is 25.7. The number of benzene rings is 2. The molecule has 0 radical (unpaired) electrons. The van der Waals surface area contributed by atoms with Crippen molar-refractivity contribution in [3.8, 4) is 17.2 Å². The normalized spacial score (nSPS) is 14.9. The van der Waals surface area contributed by atoms with Gasteiger partial charge in [0.25, 0.3) is 0 Å². The fourth-order valence-electron chi connectivity index (χ4n) is 5.45. The first-order valence-electron chi connectivity index (χ1n) is 13.5. The Bertz CT molecular complexity index is 1530. The number of nitrogens with zero attached hydrogens (tertiary/aromatic N) is 6. The lowest BCUT2D eigenvalue weighted by molar-refractivity contribution is -0.127. The summed E-state index contributed by atoms with van der Waals surface area (Å²) in [6.45, 7) is 3.55. The molecule has 208 valence electrons. The highest BCUT2D eigenvalue weighted by Gasteiger charge is 2.24. The Labute approximate surface area is 232 Å². The van der Waals surface area contributed by atoms with Gasteiger partial charge in [0.05, 0.1) is 27.7 Å². The van der Waals surface area contributed by atoms with Crippen LogP contribution >= 0.6 is 0 Å². The number of carbonyl (C=O) groups excluding carboxylic acids is 1. The third-order valence-corrected chi connectivity index (χ3v) is 7.58. The second-order valence-electron chi connectivity index (χ2n) is 9.95. The molecule has 2 aromatic heterocycles. The number of carbonyl (C=O) groups is 1. The maximum absolute atomic E-state index is 12.2. The van der Waals surface area contributed by atoms with Gasteiger partial charge in [0.1, 0.15) is 0 Å². The van der Waals surface area contributed by atoms with Crippen molar-refractivity contribution >= 4 is 34.5 Å². The Morgan fingerprint density at radius 1 is 0.925 bits per heavy atom. The van der Waals surface area contributed by atoms with Crippen LogP contribution in [0.3, 0.4) is 0 Å². The molecule has 11 nitrogen and oxygen atoms in total. The third-order valence-electron chi connectivity index (χ3n) is 7.58. The van der Waals surface area contributed by atoms with Crippen molar-refractivity contribution in [1.82, 2.24) is 24.4 Å². The van der Waals surface area contributed by atoms with Crippen molar-refractivity contribution in [2.75, 3.05) is 51.2 Å². The number of methoxy groups -OCH3 is 3. The van der Waals surface area contributed by atoms with Gasteiger partial charge in [-0.3, -0.25) is 4.79 Å². The fraction of sp³-hybridized carbons (Fsp3) is 0.379. The predicted octanol–water partition coefficient (Wildman–Crippen LogP) is 3.78. The van der Waals surface area contributed by atoms with Crippen molar-refractivity contribution in [2.45, 2.75) is 32.4 Å². The molecule has 6 rings (SSSR count). The molecule has 1 saturated heterocycles. The summed E-state index contributed by atoms with van der Waals surface area (Å²) in [5.41, 5.74) is 4.70. The van der Waals surface area contributed by atoms with E-state index in [9.17, 15) is 4.79 Å². The summed E-state index contributed by atoms with van der Waals surface area (Å²) in [7, 11) is 4.75. The zero-order chi connectivity index (χ0) is 27.6.